The van der Waals surface area contributed by atoms with E-state index in [0.29, 0.717) is 69.7 Å². The Morgan fingerprint density at radius 1 is 1.14 bits per heavy atom. The zero-order valence-electron chi connectivity index (χ0n) is 25.2. The number of nitriles is 1. The van der Waals surface area contributed by atoms with Crippen LogP contribution < -0.4 is 25.4 Å². The molecule has 0 spiro atoms. The number of hydrogen-bond acceptors (Lipinski definition) is 9. The molecule has 44 heavy (non-hydrogen) atoms. The van der Waals surface area contributed by atoms with E-state index < -0.39 is 0 Å². The fraction of sp³-hybridized carbons (Fsp3) is 0.333. The Labute approximate surface area is 262 Å². The number of rotatable bonds is 12. The monoisotopic (exact) mass is 613 g/mol. The molecule has 0 fully saturated rings. The van der Waals surface area contributed by atoms with Crippen LogP contribution in [0.1, 0.15) is 43.0 Å². The Bertz CT molecular complexity index is 1700. The van der Waals surface area contributed by atoms with Gasteiger partial charge in [0.1, 0.15) is 24.2 Å². The Kier molecular flexibility index (Phi) is 10.00. The number of carbonyl (C=O) groups is 1. The maximum atomic E-state index is 12.8. The van der Waals surface area contributed by atoms with Gasteiger partial charge in [-0.1, -0.05) is 11.6 Å². The number of pyridine rings is 2. The van der Waals surface area contributed by atoms with Crippen molar-refractivity contribution in [1.82, 2.24) is 14.9 Å². The molecule has 1 aliphatic heterocycles. The second-order valence-corrected chi connectivity index (χ2v) is 11.2. The van der Waals surface area contributed by atoms with Crippen molar-refractivity contribution in [3.8, 4) is 17.6 Å². The number of ether oxygens (including phenoxy) is 2. The first-order valence-corrected chi connectivity index (χ1v) is 15.1. The van der Waals surface area contributed by atoms with E-state index in [-0.39, 0.29) is 5.91 Å². The fourth-order valence-electron chi connectivity index (χ4n) is 5.03. The summed E-state index contributed by atoms with van der Waals surface area (Å²) in [5.41, 5.74) is 5.76. The number of anilines is 4. The zero-order chi connectivity index (χ0) is 31.1. The van der Waals surface area contributed by atoms with E-state index in [2.05, 4.69) is 38.1 Å². The summed E-state index contributed by atoms with van der Waals surface area (Å²) in [6.07, 6.45) is 6.51. The molecule has 0 unspecified atom stereocenters. The lowest BCUT2D eigenvalue weighted by Gasteiger charge is -2.18. The molecule has 0 saturated carbocycles. The summed E-state index contributed by atoms with van der Waals surface area (Å²) in [6, 6.07) is 13.2. The highest BCUT2D eigenvalue weighted by atomic mass is 35.5. The average Bonchev–Trinajstić information content (AvgIpc) is 3.01. The van der Waals surface area contributed by atoms with E-state index in [1.54, 1.807) is 24.3 Å². The van der Waals surface area contributed by atoms with Crippen LogP contribution in [0.25, 0.3) is 10.9 Å². The van der Waals surface area contributed by atoms with Gasteiger partial charge in [-0.25, -0.2) is 0 Å². The third-order valence-electron chi connectivity index (χ3n) is 7.20. The molecule has 0 bridgehead atoms. The Morgan fingerprint density at radius 3 is 2.77 bits per heavy atom. The number of amides is 1. The highest BCUT2D eigenvalue weighted by Crippen LogP contribution is 2.37. The smallest absolute Gasteiger partial charge is 0.224 e. The molecule has 4 aromatic rings. The third-order valence-corrected chi connectivity index (χ3v) is 7.50. The Balaban J connectivity index is 1.37. The number of carbonyl (C=O) groups excluding carboxylic acids is 1. The molecule has 3 N–H and O–H groups in total. The number of aromatic nitrogens is 2. The quantitative estimate of drug-likeness (QED) is 0.164. The van der Waals surface area contributed by atoms with Gasteiger partial charge in [-0.15, -0.1) is 0 Å². The normalized spacial score (nSPS) is 12.3. The molecule has 0 aliphatic carbocycles. The minimum atomic E-state index is -0.115. The van der Waals surface area contributed by atoms with Crippen LogP contribution in [-0.4, -0.2) is 54.6 Å². The van der Waals surface area contributed by atoms with Gasteiger partial charge in [0, 0.05) is 48.1 Å². The maximum absolute atomic E-state index is 12.8. The second kappa shape index (κ2) is 14.3. The van der Waals surface area contributed by atoms with Crippen molar-refractivity contribution in [2.24, 2.45) is 0 Å². The molecule has 2 aromatic carbocycles. The molecule has 11 heteroatoms. The highest BCUT2D eigenvalue weighted by molar-refractivity contribution is 6.32. The van der Waals surface area contributed by atoms with Gasteiger partial charge in [-0.2, -0.15) is 5.26 Å². The van der Waals surface area contributed by atoms with Crippen LogP contribution >= 0.6 is 11.6 Å². The Morgan fingerprint density at radius 2 is 2.00 bits per heavy atom. The molecule has 0 radical (unpaired) electrons. The summed E-state index contributed by atoms with van der Waals surface area (Å²) < 4.78 is 11.8. The maximum Gasteiger partial charge on any atom is 0.224 e. The van der Waals surface area contributed by atoms with E-state index in [1.165, 1.54) is 6.20 Å². The molecule has 0 saturated heterocycles. The van der Waals surface area contributed by atoms with Crippen LogP contribution in [0.15, 0.2) is 48.8 Å². The van der Waals surface area contributed by atoms with Gasteiger partial charge in [0.2, 0.25) is 5.91 Å². The molecule has 1 amide bonds. The van der Waals surface area contributed by atoms with E-state index in [4.69, 9.17) is 21.1 Å². The van der Waals surface area contributed by atoms with Crippen molar-refractivity contribution in [3.63, 3.8) is 0 Å². The van der Waals surface area contributed by atoms with Crippen LogP contribution in [0.5, 0.6) is 11.5 Å². The number of nitrogens with one attached hydrogen (secondary N) is 3. The first-order chi connectivity index (χ1) is 21.3. The predicted molar refractivity (Wildman–Crippen MR) is 174 cm³/mol. The standard InChI is InChI=1S/C33H36ClN7O3/c1-4-43-31-16-27-24(15-29(31)40-32(42)8-6-12-41(2)3)33(22(17-35)19-38-27)39-23-9-10-30(25(34)14-23)44-20-21-13-28-26(37-18-21)7-5-11-36-28/h9-10,13-16,18-19,36H,4-8,11-12,20H2,1-3H3,(H,38,39)(H,40,42). The lowest BCUT2D eigenvalue weighted by atomic mass is 10.1. The van der Waals surface area contributed by atoms with Crippen molar-refractivity contribution >= 4 is 51.2 Å². The molecule has 228 valence electrons. The van der Waals surface area contributed by atoms with Gasteiger partial charge in [0.15, 0.2) is 0 Å². The zero-order valence-corrected chi connectivity index (χ0v) is 25.9. The number of benzene rings is 2. The summed E-state index contributed by atoms with van der Waals surface area (Å²) in [6.45, 7) is 4.38. The molecule has 10 nitrogen and oxygen atoms in total. The summed E-state index contributed by atoms with van der Waals surface area (Å²) in [5, 5.41) is 20.7. The summed E-state index contributed by atoms with van der Waals surface area (Å²) in [4.78, 5) is 23.8. The van der Waals surface area contributed by atoms with Crippen molar-refractivity contribution in [2.45, 2.75) is 39.2 Å². The highest BCUT2D eigenvalue weighted by Gasteiger charge is 2.17. The summed E-state index contributed by atoms with van der Waals surface area (Å²) in [5.74, 6) is 0.929. The largest absolute Gasteiger partial charge is 0.492 e. The molecule has 1 aliphatic rings. The minimum absolute atomic E-state index is 0.115. The molecule has 2 aromatic heterocycles. The van der Waals surface area contributed by atoms with Crippen molar-refractivity contribution in [1.29, 1.82) is 5.26 Å². The van der Waals surface area contributed by atoms with Crippen LogP contribution in [0.2, 0.25) is 5.02 Å². The molecular formula is C33H36ClN7O3. The second-order valence-electron chi connectivity index (χ2n) is 10.8. The number of hydrogen-bond donors (Lipinski definition) is 3. The van der Waals surface area contributed by atoms with Gasteiger partial charge in [-0.3, -0.25) is 14.8 Å². The van der Waals surface area contributed by atoms with Gasteiger partial charge in [0.05, 0.1) is 45.5 Å². The van der Waals surface area contributed by atoms with Gasteiger partial charge < -0.3 is 30.3 Å². The van der Waals surface area contributed by atoms with Crippen LogP contribution in [0, 0.1) is 11.3 Å². The number of nitrogens with zero attached hydrogens (tertiary/aromatic N) is 4. The lowest BCUT2D eigenvalue weighted by Crippen LogP contribution is -2.17. The van der Waals surface area contributed by atoms with Crippen molar-refractivity contribution in [2.75, 3.05) is 49.7 Å². The third kappa shape index (κ3) is 7.48. The molecule has 5 rings (SSSR count). The van der Waals surface area contributed by atoms with Crippen molar-refractivity contribution in [3.05, 3.63) is 70.6 Å². The SMILES string of the molecule is CCOc1cc2ncc(C#N)c(Nc3ccc(OCc4cnc5c(c4)NCCC5)c(Cl)c3)c2cc1NC(=O)CCCN(C)C. The van der Waals surface area contributed by atoms with Crippen molar-refractivity contribution < 1.29 is 14.3 Å². The first-order valence-electron chi connectivity index (χ1n) is 14.7. The Hall–Kier alpha value is -4.59. The minimum Gasteiger partial charge on any atom is -0.492 e. The van der Waals surface area contributed by atoms with E-state index in [9.17, 15) is 10.1 Å². The summed E-state index contributed by atoms with van der Waals surface area (Å²) in [7, 11) is 3.95. The van der Waals surface area contributed by atoms with Crippen LogP contribution in [-0.2, 0) is 17.8 Å². The first kappa shape index (κ1) is 30.9. The molecular weight excluding hydrogens is 578 g/mol. The van der Waals surface area contributed by atoms with E-state index in [1.807, 2.05) is 38.2 Å². The van der Waals surface area contributed by atoms with Crippen LogP contribution in [0.3, 0.4) is 0 Å². The van der Waals surface area contributed by atoms with Gasteiger partial charge in [0.25, 0.3) is 0 Å². The van der Waals surface area contributed by atoms with E-state index in [0.717, 1.165) is 49.3 Å². The average molecular weight is 614 g/mol. The number of halogens is 1. The van der Waals surface area contributed by atoms with Crippen LogP contribution in [0.4, 0.5) is 22.7 Å². The molecule has 0 atom stereocenters. The summed E-state index contributed by atoms with van der Waals surface area (Å²) >= 11 is 6.63. The fourth-order valence-corrected chi connectivity index (χ4v) is 5.26. The topological polar surface area (TPSA) is 124 Å². The lowest BCUT2D eigenvalue weighted by molar-refractivity contribution is -0.116. The van der Waals surface area contributed by atoms with Gasteiger partial charge in [-0.05, 0) is 77.2 Å². The van der Waals surface area contributed by atoms with E-state index >= 15 is 0 Å². The molecule has 3 heterocycles. The predicted octanol–water partition coefficient (Wildman–Crippen LogP) is 6.51. The van der Waals surface area contributed by atoms with Gasteiger partial charge >= 0.3 is 0 Å². The number of fused-ring (bicyclic) bond motifs is 2. The number of aryl methyl sites for hydroxylation is 1.